The van der Waals surface area contributed by atoms with E-state index in [9.17, 15) is 8.42 Å². The van der Waals surface area contributed by atoms with Crippen LogP contribution in [-0.2, 0) is 16.3 Å². The van der Waals surface area contributed by atoms with E-state index in [1.807, 2.05) is 0 Å². The Kier molecular flexibility index (Phi) is 3.59. The van der Waals surface area contributed by atoms with Crippen molar-refractivity contribution in [1.29, 1.82) is 0 Å². The standard InChI is InChI=1S/C8H13N3O3S/c1-14-7-6(3-4-9)5-10-8(11-7)15(2,12)13/h5H,3-4,9H2,1-2H3. The molecule has 0 radical (unpaired) electrons. The number of hydrogen-bond acceptors (Lipinski definition) is 6. The third-order valence-corrected chi connectivity index (χ3v) is 2.60. The van der Waals surface area contributed by atoms with E-state index in [0.29, 0.717) is 18.5 Å². The van der Waals surface area contributed by atoms with Crippen molar-refractivity contribution >= 4 is 9.84 Å². The molecule has 0 spiro atoms. The number of nitrogens with two attached hydrogens (primary N) is 1. The highest BCUT2D eigenvalue weighted by atomic mass is 32.2. The molecular weight excluding hydrogens is 218 g/mol. The Labute approximate surface area is 88.4 Å². The average Bonchev–Trinajstić information content (AvgIpc) is 2.17. The number of rotatable bonds is 4. The highest BCUT2D eigenvalue weighted by Crippen LogP contribution is 2.16. The van der Waals surface area contributed by atoms with E-state index in [1.165, 1.54) is 13.3 Å². The minimum atomic E-state index is -3.40. The van der Waals surface area contributed by atoms with Crippen LogP contribution in [0, 0.1) is 0 Å². The average molecular weight is 231 g/mol. The summed E-state index contributed by atoms with van der Waals surface area (Å²) in [6, 6.07) is 0. The van der Waals surface area contributed by atoms with Crippen LogP contribution in [0.2, 0.25) is 0 Å². The maximum Gasteiger partial charge on any atom is 0.250 e. The van der Waals surface area contributed by atoms with Crippen LogP contribution in [0.4, 0.5) is 0 Å². The van der Waals surface area contributed by atoms with Gasteiger partial charge in [0.05, 0.1) is 7.11 Å². The zero-order chi connectivity index (χ0) is 11.5. The zero-order valence-corrected chi connectivity index (χ0v) is 9.41. The Morgan fingerprint density at radius 3 is 2.67 bits per heavy atom. The second-order valence-electron chi connectivity index (χ2n) is 3.00. The summed E-state index contributed by atoms with van der Waals surface area (Å²) in [5.74, 6) is 0.260. The van der Waals surface area contributed by atoms with Crippen molar-refractivity contribution in [3.8, 4) is 5.88 Å². The number of aromatic nitrogens is 2. The molecule has 0 aliphatic heterocycles. The predicted octanol–water partition coefficient (Wildman–Crippen LogP) is -0.610. The summed E-state index contributed by atoms with van der Waals surface area (Å²) in [7, 11) is -1.98. The Bertz CT molecular complexity index is 444. The molecule has 1 aromatic rings. The SMILES string of the molecule is COc1nc(S(C)(=O)=O)ncc1CCN. The van der Waals surface area contributed by atoms with Gasteiger partial charge in [0.15, 0.2) is 0 Å². The fourth-order valence-corrected chi connectivity index (χ4v) is 1.55. The fraction of sp³-hybridized carbons (Fsp3) is 0.500. The van der Waals surface area contributed by atoms with Gasteiger partial charge in [0.2, 0.25) is 20.9 Å². The van der Waals surface area contributed by atoms with Gasteiger partial charge in [-0.3, -0.25) is 0 Å². The molecule has 0 saturated heterocycles. The van der Waals surface area contributed by atoms with Gasteiger partial charge < -0.3 is 10.5 Å². The van der Waals surface area contributed by atoms with Crippen molar-refractivity contribution < 1.29 is 13.2 Å². The van der Waals surface area contributed by atoms with E-state index in [1.54, 1.807) is 0 Å². The molecule has 0 aliphatic rings. The molecule has 0 fully saturated rings. The van der Waals surface area contributed by atoms with Crippen LogP contribution < -0.4 is 10.5 Å². The lowest BCUT2D eigenvalue weighted by atomic mass is 10.2. The van der Waals surface area contributed by atoms with Gasteiger partial charge in [-0.05, 0) is 13.0 Å². The Balaban J connectivity index is 3.19. The second-order valence-corrected chi connectivity index (χ2v) is 4.91. The topological polar surface area (TPSA) is 95.2 Å². The van der Waals surface area contributed by atoms with Crippen LogP contribution >= 0.6 is 0 Å². The first-order valence-corrected chi connectivity index (χ1v) is 6.18. The van der Waals surface area contributed by atoms with Crippen LogP contribution in [0.25, 0.3) is 0 Å². The Morgan fingerprint density at radius 2 is 2.20 bits per heavy atom. The van der Waals surface area contributed by atoms with Crippen LogP contribution in [0.5, 0.6) is 5.88 Å². The molecule has 84 valence electrons. The maximum absolute atomic E-state index is 11.2. The first-order chi connectivity index (χ1) is 6.99. The zero-order valence-electron chi connectivity index (χ0n) is 8.60. The van der Waals surface area contributed by atoms with Crippen molar-refractivity contribution in [3.63, 3.8) is 0 Å². The summed E-state index contributed by atoms with van der Waals surface area (Å²) in [5, 5.41) is -0.236. The van der Waals surface area contributed by atoms with Crippen LogP contribution in [0.15, 0.2) is 11.4 Å². The second kappa shape index (κ2) is 4.54. The molecule has 0 saturated carbocycles. The van der Waals surface area contributed by atoms with Gasteiger partial charge in [-0.25, -0.2) is 13.4 Å². The lowest BCUT2D eigenvalue weighted by molar-refractivity contribution is 0.385. The van der Waals surface area contributed by atoms with Crippen LogP contribution in [0.3, 0.4) is 0 Å². The number of nitrogens with zero attached hydrogens (tertiary/aromatic N) is 2. The molecule has 0 aromatic carbocycles. The van der Waals surface area contributed by atoms with Crippen LogP contribution in [0.1, 0.15) is 5.56 Å². The number of sulfone groups is 1. The summed E-state index contributed by atoms with van der Waals surface area (Å²) in [6.07, 6.45) is 3.02. The molecule has 0 amide bonds. The smallest absolute Gasteiger partial charge is 0.250 e. The Morgan fingerprint density at radius 1 is 1.53 bits per heavy atom. The molecule has 1 heterocycles. The molecule has 1 aromatic heterocycles. The van der Waals surface area contributed by atoms with Gasteiger partial charge in [0, 0.05) is 18.0 Å². The van der Waals surface area contributed by atoms with Gasteiger partial charge in [-0.2, -0.15) is 4.98 Å². The molecule has 0 aliphatic carbocycles. The third kappa shape index (κ3) is 2.87. The molecule has 6 nitrogen and oxygen atoms in total. The van der Waals surface area contributed by atoms with Gasteiger partial charge in [-0.1, -0.05) is 0 Å². The van der Waals surface area contributed by atoms with E-state index >= 15 is 0 Å². The molecule has 0 unspecified atom stereocenters. The van der Waals surface area contributed by atoms with Crippen LogP contribution in [-0.4, -0.2) is 38.3 Å². The Hall–Kier alpha value is -1.21. The normalized spacial score (nSPS) is 11.4. The molecule has 15 heavy (non-hydrogen) atoms. The fourth-order valence-electron chi connectivity index (χ4n) is 1.06. The van der Waals surface area contributed by atoms with Gasteiger partial charge in [-0.15, -0.1) is 0 Å². The van der Waals surface area contributed by atoms with Crippen molar-refractivity contribution in [2.45, 2.75) is 11.6 Å². The van der Waals surface area contributed by atoms with Crippen molar-refractivity contribution in [2.24, 2.45) is 5.73 Å². The molecule has 7 heteroatoms. The van der Waals surface area contributed by atoms with E-state index in [0.717, 1.165) is 6.26 Å². The highest BCUT2D eigenvalue weighted by molar-refractivity contribution is 7.90. The minimum Gasteiger partial charge on any atom is -0.481 e. The predicted molar refractivity (Wildman–Crippen MR) is 54.5 cm³/mol. The van der Waals surface area contributed by atoms with Gasteiger partial charge in [0.25, 0.3) is 0 Å². The maximum atomic E-state index is 11.2. The summed E-state index contributed by atoms with van der Waals surface area (Å²) in [6.45, 7) is 0.429. The molecular formula is C8H13N3O3S. The summed E-state index contributed by atoms with van der Waals surface area (Å²) in [5.41, 5.74) is 6.08. The van der Waals surface area contributed by atoms with Gasteiger partial charge >= 0.3 is 0 Å². The van der Waals surface area contributed by atoms with Crippen molar-refractivity contribution in [1.82, 2.24) is 9.97 Å². The first-order valence-electron chi connectivity index (χ1n) is 4.29. The van der Waals surface area contributed by atoms with Gasteiger partial charge in [0.1, 0.15) is 0 Å². The lowest BCUT2D eigenvalue weighted by Crippen LogP contribution is -2.10. The molecule has 0 bridgehead atoms. The lowest BCUT2D eigenvalue weighted by Gasteiger charge is -2.06. The first kappa shape index (κ1) is 11.9. The summed E-state index contributed by atoms with van der Waals surface area (Å²) >= 11 is 0. The molecule has 2 N–H and O–H groups in total. The molecule has 0 atom stereocenters. The van der Waals surface area contributed by atoms with E-state index in [2.05, 4.69) is 9.97 Å². The highest BCUT2D eigenvalue weighted by Gasteiger charge is 2.14. The van der Waals surface area contributed by atoms with E-state index in [4.69, 9.17) is 10.5 Å². The summed E-state index contributed by atoms with van der Waals surface area (Å²) in [4.78, 5) is 7.55. The van der Waals surface area contributed by atoms with E-state index < -0.39 is 9.84 Å². The van der Waals surface area contributed by atoms with Crippen molar-refractivity contribution in [2.75, 3.05) is 19.9 Å². The number of ether oxygens (including phenoxy) is 1. The monoisotopic (exact) mass is 231 g/mol. The van der Waals surface area contributed by atoms with E-state index in [-0.39, 0.29) is 11.0 Å². The molecule has 1 rings (SSSR count). The third-order valence-electron chi connectivity index (χ3n) is 1.74. The largest absolute Gasteiger partial charge is 0.481 e. The number of hydrogen-bond donors (Lipinski definition) is 1. The van der Waals surface area contributed by atoms with Crippen molar-refractivity contribution in [3.05, 3.63) is 11.8 Å². The number of methoxy groups -OCH3 is 1. The minimum absolute atomic E-state index is 0.236. The quantitative estimate of drug-likeness (QED) is 0.694. The summed E-state index contributed by atoms with van der Waals surface area (Å²) < 4.78 is 27.3.